The van der Waals surface area contributed by atoms with Gasteiger partial charge >= 0.3 is 0 Å². The summed E-state index contributed by atoms with van der Waals surface area (Å²) in [5.74, 6) is 0.581. The Hall–Kier alpha value is -2.44. The second-order valence-electron chi connectivity index (χ2n) is 7.95. The summed E-state index contributed by atoms with van der Waals surface area (Å²) in [5.41, 5.74) is 0.646. The van der Waals surface area contributed by atoms with Crippen molar-refractivity contribution in [1.82, 2.24) is 15.2 Å². The molecule has 1 aromatic carbocycles. The number of amides is 1. The summed E-state index contributed by atoms with van der Waals surface area (Å²) >= 11 is 0. The molecule has 1 aliphatic heterocycles. The first-order chi connectivity index (χ1) is 14.2. The lowest BCUT2D eigenvalue weighted by Crippen LogP contribution is -2.64. The number of benzene rings is 1. The fourth-order valence-corrected chi connectivity index (χ4v) is 4.55. The molecule has 6 nitrogen and oxygen atoms in total. The van der Waals surface area contributed by atoms with E-state index in [2.05, 4.69) is 15.2 Å². The third kappa shape index (κ3) is 4.77. The van der Waals surface area contributed by atoms with E-state index in [-0.39, 0.29) is 24.1 Å². The maximum absolute atomic E-state index is 12.8. The van der Waals surface area contributed by atoms with Crippen LogP contribution in [0.3, 0.4) is 0 Å². The number of nitrogens with one attached hydrogen (secondary N) is 1. The Labute approximate surface area is 171 Å². The number of pyridine rings is 1. The van der Waals surface area contributed by atoms with Crippen LogP contribution < -0.4 is 10.1 Å². The van der Waals surface area contributed by atoms with Gasteiger partial charge in [-0.1, -0.05) is 24.6 Å². The molecule has 2 aliphatic rings. The van der Waals surface area contributed by atoms with Crippen LogP contribution in [0.1, 0.15) is 42.5 Å². The van der Waals surface area contributed by atoms with E-state index in [1.807, 2.05) is 42.5 Å². The van der Waals surface area contributed by atoms with Crippen molar-refractivity contribution in [2.24, 2.45) is 0 Å². The lowest BCUT2D eigenvalue weighted by molar-refractivity contribution is -0.0694. The molecule has 2 heterocycles. The number of hydrogen-bond donors (Lipinski definition) is 2. The average Bonchev–Trinajstić information content (AvgIpc) is 2.78. The van der Waals surface area contributed by atoms with Crippen molar-refractivity contribution in [2.45, 2.75) is 56.4 Å². The van der Waals surface area contributed by atoms with Gasteiger partial charge < -0.3 is 15.2 Å². The smallest absolute Gasteiger partial charge is 0.251 e. The molecular weight excluding hydrogens is 366 g/mol. The Balaban J connectivity index is 1.50. The fraction of sp³-hybridized carbons (Fsp3) is 0.478. The number of carbonyl (C=O) groups is 1. The topological polar surface area (TPSA) is 74.7 Å². The van der Waals surface area contributed by atoms with E-state index >= 15 is 0 Å². The van der Waals surface area contributed by atoms with E-state index in [9.17, 15) is 9.90 Å². The van der Waals surface area contributed by atoms with Crippen LogP contribution in [0.4, 0.5) is 0 Å². The van der Waals surface area contributed by atoms with Crippen LogP contribution in [-0.4, -0.2) is 58.3 Å². The molecule has 1 amide bonds. The summed E-state index contributed by atoms with van der Waals surface area (Å²) < 4.78 is 6.07. The normalized spacial score (nSPS) is 27.9. The van der Waals surface area contributed by atoms with E-state index in [1.54, 1.807) is 12.4 Å². The first kappa shape index (κ1) is 19.9. The summed E-state index contributed by atoms with van der Waals surface area (Å²) in [6, 6.07) is 12.7. The second kappa shape index (κ2) is 9.37. The van der Waals surface area contributed by atoms with Crippen molar-refractivity contribution < 1.29 is 14.6 Å². The number of nitrogens with zero attached hydrogens (tertiary/aromatic N) is 2. The predicted octanol–water partition coefficient (Wildman–Crippen LogP) is 2.64. The minimum Gasteiger partial charge on any atom is -0.486 e. The first-order valence-electron chi connectivity index (χ1n) is 10.6. The molecule has 6 heteroatoms. The highest BCUT2D eigenvalue weighted by atomic mass is 16.5. The molecule has 2 N–H and O–H groups in total. The third-order valence-electron chi connectivity index (χ3n) is 5.99. The summed E-state index contributed by atoms with van der Waals surface area (Å²) in [5, 5.41) is 14.4. The predicted molar refractivity (Wildman–Crippen MR) is 111 cm³/mol. The van der Waals surface area contributed by atoms with Gasteiger partial charge in [0.2, 0.25) is 0 Å². The molecule has 0 radical (unpaired) electrons. The van der Waals surface area contributed by atoms with Crippen LogP contribution in [0.5, 0.6) is 5.75 Å². The highest BCUT2D eigenvalue weighted by Gasteiger charge is 2.43. The maximum Gasteiger partial charge on any atom is 0.251 e. The van der Waals surface area contributed by atoms with Crippen LogP contribution >= 0.6 is 0 Å². The van der Waals surface area contributed by atoms with Crippen LogP contribution in [0.2, 0.25) is 0 Å². The Morgan fingerprint density at radius 2 is 1.86 bits per heavy atom. The minimum atomic E-state index is -0.678. The molecule has 1 aromatic heterocycles. The summed E-state index contributed by atoms with van der Waals surface area (Å²) in [4.78, 5) is 19.2. The fourth-order valence-electron chi connectivity index (χ4n) is 4.55. The number of piperidine rings is 1. The van der Waals surface area contributed by atoms with Gasteiger partial charge in [-0.3, -0.25) is 14.7 Å². The van der Waals surface area contributed by atoms with E-state index in [4.69, 9.17) is 4.74 Å². The molecule has 0 bridgehead atoms. The molecule has 2 aromatic rings. The van der Waals surface area contributed by atoms with Gasteiger partial charge in [0.05, 0.1) is 12.2 Å². The number of aromatic nitrogens is 1. The summed E-state index contributed by atoms with van der Waals surface area (Å²) in [7, 11) is 0. The summed E-state index contributed by atoms with van der Waals surface area (Å²) in [6.45, 7) is 1.89. The SMILES string of the molecule is O=C(N[C@@H]1CC[C@@H](Oc2cccnc2)[C@H](O)[C@H]1N1CCCCC1)c1ccccc1. The van der Waals surface area contributed by atoms with Crippen molar-refractivity contribution in [1.29, 1.82) is 0 Å². The Morgan fingerprint density at radius 1 is 1.07 bits per heavy atom. The minimum absolute atomic E-state index is 0.0866. The quantitative estimate of drug-likeness (QED) is 0.814. The number of hydrogen-bond acceptors (Lipinski definition) is 5. The van der Waals surface area contributed by atoms with Crippen LogP contribution in [-0.2, 0) is 0 Å². The molecular formula is C23H29N3O3. The zero-order chi connectivity index (χ0) is 20.1. The highest BCUT2D eigenvalue weighted by Crippen LogP contribution is 2.29. The van der Waals surface area contributed by atoms with Crippen molar-refractivity contribution in [3.8, 4) is 5.75 Å². The zero-order valence-electron chi connectivity index (χ0n) is 16.6. The number of ether oxygens (including phenoxy) is 1. The van der Waals surface area contributed by atoms with E-state index in [1.165, 1.54) is 6.42 Å². The van der Waals surface area contributed by atoms with Crippen molar-refractivity contribution >= 4 is 5.91 Å². The standard InChI is InChI=1S/C23H29N3O3/c27-22-20(29-18-10-7-13-24-16-18)12-11-19(21(22)26-14-5-2-6-15-26)25-23(28)17-8-3-1-4-9-17/h1,3-4,7-10,13,16,19-22,27H,2,5-6,11-12,14-15H2,(H,25,28)/t19-,20-,21+,22+/m1/s1. The van der Waals surface area contributed by atoms with Crippen LogP contribution in [0, 0.1) is 0 Å². The number of aliphatic hydroxyl groups is 1. The van der Waals surface area contributed by atoms with E-state index in [0.717, 1.165) is 32.4 Å². The monoisotopic (exact) mass is 395 g/mol. The number of carbonyl (C=O) groups excluding carboxylic acids is 1. The van der Waals surface area contributed by atoms with Crippen molar-refractivity contribution in [2.75, 3.05) is 13.1 Å². The Morgan fingerprint density at radius 3 is 2.59 bits per heavy atom. The molecule has 29 heavy (non-hydrogen) atoms. The molecule has 4 rings (SSSR count). The largest absolute Gasteiger partial charge is 0.486 e. The van der Waals surface area contributed by atoms with Gasteiger partial charge in [0, 0.05) is 17.8 Å². The van der Waals surface area contributed by atoms with E-state index in [0.29, 0.717) is 17.7 Å². The second-order valence-corrected chi connectivity index (χ2v) is 7.95. The van der Waals surface area contributed by atoms with Gasteiger partial charge in [-0.15, -0.1) is 0 Å². The third-order valence-corrected chi connectivity index (χ3v) is 5.99. The lowest BCUT2D eigenvalue weighted by atomic mass is 9.83. The van der Waals surface area contributed by atoms with Crippen LogP contribution in [0.15, 0.2) is 54.9 Å². The van der Waals surface area contributed by atoms with Gasteiger partial charge in [-0.05, 0) is 63.0 Å². The van der Waals surface area contributed by atoms with Gasteiger partial charge in [-0.2, -0.15) is 0 Å². The maximum atomic E-state index is 12.8. The molecule has 1 saturated carbocycles. The number of likely N-dealkylation sites (tertiary alicyclic amines) is 1. The number of rotatable bonds is 5. The Bertz CT molecular complexity index is 780. The first-order valence-corrected chi connectivity index (χ1v) is 10.6. The Kier molecular flexibility index (Phi) is 6.42. The van der Waals surface area contributed by atoms with Gasteiger partial charge in [0.25, 0.3) is 5.91 Å². The average molecular weight is 396 g/mol. The lowest BCUT2D eigenvalue weighted by Gasteiger charge is -2.47. The van der Waals surface area contributed by atoms with E-state index < -0.39 is 6.10 Å². The van der Waals surface area contributed by atoms with Gasteiger partial charge in [0.15, 0.2) is 0 Å². The van der Waals surface area contributed by atoms with Gasteiger partial charge in [0.1, 0.15) is 18.0 Å². The van der Waals surface area contributed by atoms with Crippen molar-refractivity contribution in [3.63, 3.8) is 0 Å². The highest BCUT2D eigenvalue weighted by molar-refractivity contribution is 5.94. The molecule has 4 atom stereocenters. The molecule has 0 unspecified atom stereocenters. The van der Waals surface area contributed by atoms with Gasteiger partial charge in [-0.25, -0.2) is 0 Å². The molecule has 1 aliphatic carbocycles. The number of aliphatic hydroxyl groups excluding tert-OH is 1. The molecule has 2 fully saturated rings. The molecule has 1 saturated heterocycles. The van der Waals surface area contributed by atoms with Crippen molar-refractivity contribution in [3.05, 3.63) is 60.4 Å². The molecule has 0 spiro atoms. The zero-order valence-corrected chi connectivity index (χ0v) is 16.6. The molecule has 154 valence electrons. The van der Waals surface area contributed by atoms with Crippen LogP contribution in [0.25, 0.3) is 0 Å². The summed E-state index contributed by atoms with van der Waals surface area (Å²) in [6.07, 6.45) is 7.30.